The van der Waals surface area contributed by atoms with Gasteiger partial charge in [-0.2, -0.15) is 5.10 Å². The molecule has 0 saturated carbocycles. The predicted octanol–water partition coefficient (Wildman–Crippen LogP) is 1.54. The molecular formula is C14H15N3O4. The molecule has 0 aliphatic rings. The van der Waals surface area contributed by atoms with Crippen LogP contribution in [0.4, 0.5) is 5.69 Å². The number of nitrogens with zero attached hydrogens (tertiary/aromatic N) is 2. The second-order valence-corrected chi connectivity index (χ2v) is 4.67. The van der Waals surface area contributed by atoms with Gasteiger partial charge in [0.2, 0.25) is 5.91 Å². The van der Waals surface area contributed by atoms with Crippen LogP contribution in [0.1, 0.15) is 21.7 Å². The van der Waals surface area contributed by atoms with Crippen LogP contribution in [-0.4, -0.2) is 31.9 Å². The lowest BCUT2D eigenvalue weighted by atomic mass is 10.1. The zero-order valence-corrected chi connectivity index (χ0v) is 11.6. The lowest BCUT2D eigenvalue weighted by molar-refractivity contribution is -0.116. The van der Waals surface area contributed by atoms with Crippen molar-refractivity contribution in [2.75, 3.05) is 5.32 Å². The predicted molar refractivity (Wildman–Crippen MR) is 75.4 cm³/mol. The topological polar surface area (TPSA) is 104 Å². The number of carbonyl (C=O) groups excluding carboxylic acids is 1. The van der Waals surface area contributed by atoms with Gasteiger partial charge in [-0.15, -0.1) is 0 Å². The van der Waals surface area contributed by atoms with E-state index in [2.05, 4.69) is 10.4 Å². The first-order chi connectivity index (χ1) is 9.86. The van der Waals surface area contributed by atoms with Crippen LogP contribution >= 0.6 is 0 Å². The van der Waals surface area contributed by atoms with E-state index in [1.54, 1.807) is 0 Å². The molecule has 0 atom stereocenters. The summed E-state index contributed by atoms with van der Waals surface area (Å²) >= 11 is 0. The minimum absolute atomic E-state index is 0.0143. The molecule has 0 aliphatic carbocycles. The van der Waals surface area contributed by atoms with Gasteiger partial charge in [-0.3, -0.25) is 9.48 Å². The number of rotatable bonds is 4. The van der Waals surface area contributed by atoms with Crippen molar-refractivity contribution in [1.29, 1.82) is 0 Å². The third-order valence-corrected chi connectivity index (χ3v) is 2.90. The maximum absolute atomic E-state index is 12.0. The van der Waals surface area contributed by atoms with Crippen molar-refractivity contribution in [3.05, 3.63) is 41.2 Å². The zero-order chi connectivity index (χ0) is 15.6. The number of nitrogens with one attached hydrogen (secondary N) is 1. The number of phenolic OH excluding ortho intramolecular Hbond substituents is 1. The van der Waals surface area contributed by atoms with Crippen molar-refractivity contribution >= 4 is 17.6 Å². The number of carbonyl (C=O) groups is 2. The highest BCUT2D eigenvalue weighted by molar-refractivity contribution is 6.00. The number of amides is 1. The van der Waals surface area contributed by atoms with Gasteiger partial charge in [0.15, 0.2) is 0 Å². The summed E-state index contributed by atoms with van der Waals surface area (Å²) in [5, 5.41) is 25.0. The van der Waals surface area contributed by atoms with Crippen LogP contribution in [0.25, 0.3) is 0 Å². The van der Waals surface area contributed by atoms with Gasteiger partial charge in [-0.1, -0.05) is 0 Å². The monoisotopic (exact) mass is 289 g/mol. The summed E-state index contributed by atoms with van der Waals surface area (Å²) in [6.45, 7) is 3.64. The number of phenols is 1. The molecule has 0 fully saturated rings. The summed E-state index contributed by atoms with van der Waals surface area (Å²) in [6, 6.07) is 5.58. The number of aromatic nitrogens is 2. The van der Waals surface area contributed by atoms with Crippen molar-refractivity contribution in [3.63, 3.8) is 0 Å². The minimum Gasteiger partial charge on any atom is -0.508 e. The molecule has 0 saturated heterocycles. The smallest absolute Gasteiger partial charge is 0.337 e. The molecule has 2 rings (SSSR count). The number of aryl methyl sites for hydroxylation is 2. The molecule has 1 heterocycles. The van der Waals surface area contributed by atoms with Crippen LogP contribution in [-0.2, 0) is 11.3 Å². The Hall–Kier alpha value is -2.83. The third-order valence-electron chi connectivity index (χ3n) is 2.90. The Morgan fingerprint density at radius 3 is 2.57 bits per heavy atom. The van der Waals surface area contributed by atoms with Crippen LogP contribution in [0, 0.1) is 13.8 Å². The number of carboxylic acids is 1. The third kappa shape index (κ3) is 3.38. The molecular weight excluding hydrogens is 274 g/mol. The van der Waals surface area contributed by atoms with E-state index < -0.39 is 11.9 Å². The largest absolute Gasteiger partial charge is 0.508 e. The first-order valence-corrected chi connectivity index (χ1v) is 6.24. The van der Waals surface area contributed by atoms with E-state index in [9.17, 15) is 14.7 Å². The summed E-state index contributed by atoms with van der Waals surface area (Å²) < 4.78 is 1.53. The van der Waals surface area contributed by atoms with Crippen molar-refractivity contribution in [1.82, 2.24) is 9.78 Å². The Morgan fingerprint density at radius 2 is 2.00 bits per heavy atom. The maximum Gasteiger partial charge on any atom is 0.337 e. The number of anilines is 1. The summed E-state index contributed by atoms with van der Waals surface area (Å²) in [4.78, 5) is 23.1. The standard InChI is InChI=1S/C14H15N3O4/c1-8-5-9(2)17(16-8)7-13(19)15-12-4-3-10(18)6-11(12)14(20)21/h3-6,18H,7H2,1-2H3,(H,15,19)(H,20,21). The molecule has 0 spiro atoms. The average molecular weight is 289 g/mol. The maximum atomic E-state index is 12.0. The van der Waals surface area contributed by atoms with E-state index in [1.807, 2.05) is 19.9 Å². The number of hydrogen-bond acceptors (Lipinski definition) is 4. The molecule has 2 aromatic rings. The van der Waals surface area contributed by atoms with E-state index in [0.29, 0.717) is 0 Å². The van der Waals surface area contributed by atoms with Crippen LogP contribution in [0.5, 0.6) is 5.75 Å². The first-order valence-electron chi connectivity index (χ1n) is 6.24. The highest BCUT2D eigenvalue weighted by Gasteiger charge is 2.14. The number of aromatic carboxylic acids is 1. The molecule has 0 aliphatic heterocycles. The first kappa shape index (κ1) is 14.6. The fourth-order valence-electron chi connectivity index (χ4n) is 1.98. The minimum atomic E-state index is -1.23. The Morgan fingerprint density at radius 1 is 1.29 bits per heavy atom. The molecule has 0 radical (unpaired) electrons. The lowest BCUT2D eigenvalue weighted by Gasteiger charge is -2.09. The fourth-order valence-corrected chi connectivity index (χ4v) is 1.98. The van der Waals surface area contributed by atoms with Crippen molar-refractivity contribution in [3.8, 4) is 5.75 Å². The van der Waals surface area contributed by atoms with Gasteiger partial charge >= 0.3 is 5.97 Å². The molecule has 1 aromatic carbocycles. The number of hydrogen-bond donors (Lipinski definition) is 3. The molecule has 110 valence electrons. The van der Waals surface area contributed by atoms with Crippen molar-refractivity contribution in [2.24, 2.45) is 0 Å². The second kappa shape index (κ2) is 5.66. The fraction of sp³-hybridized carbons (Fsp3) is 0.214. The average Bonchev–Trinajstić information content (AvgIpc) is 2.69. The highest BCUT2D eigenvalue weighted by atomic mass is 16.4. The molecule has 3 N–H and O–H groups in total. The van der Waals surface area contributed by atoms with Gasteiger partial charge in [-0.25, -0.2) is 4.79 Å². The zero-order valence-electron chi connectivity index (χ0n) is 11.6. The van der Waals surface area contributed by atoms with E-state index >= 15 is 0 Å². The normalized spacial score (nSPS) is 10.4. The Kier molecular flexibility index (Phi) is 3.93. The molecule has 7 nitrogen and oxygen atoms in total. The summed E-state index contributed by atoms with van der Waals surface area (Å²) in [7, 11) is 0. The van der Waals surface area contributed by atoms with E-state index in [4.69, 9.17) is 5.11 Å². The van der Waals surface area contributed by atoms with E-state index in [-0.39, 0.29) is 23.5 Å². The second-order valence-electron chi connectivity index (χ2n) is 4.67. The Bertz CT molecular complexity index is 706. The molecule has 1 aromatic heterocycles. The van der Waals surface area contributed by atoms with Gasteiger partial charge < -0.3 is 15.5 Å². The van der Waals surface area contributed by atoms with Crippen molar-refractivity contribution < 1.29 is 19.8 Å². The highest BCUT2D eigenvalue weighted by Crippen LogP contribution is 2.21. The number of benzene rings is 1. The van der Waals surface area contributed by atoms with E-state index in [1.165, 1.54) is 16.8 Å². The summed E-state index contributed by atoms with van der Waals surface area (Å²) in [5.41, 5.74) is 1.60. The van der Waals surface area contributed by atoms with Crippen LogP contribution in [0.15, 0.2) is 24.3 Å². The van der Waals surface area contributed by atoms with Gasteiger partial charge in [0.1, 0.15) is 12.3 Å². The molecule has 21 heavy (non-hydrogen) atoms. The number of aromatic hydroxyl groups is 1. The van der Waals surface area contributed by atoms with Gasteiger partial charge in [0.25, 0.3) is 0 Å². The molecule has 1 amide bonds. The SMILES string of the molecule is Cc1cc(C)n(CC(=O)Nc2ccc(O)cc2C(=O)O)n1. The van der Waals surface area contributed by atoms with Crippen LogP contribution in [0.2, 0.25) is 0 Å². The van der Waals surface area contributed by atoms with Crippen LogP contribution < -0.4 is 5.32 Å². The van der Waals surface area contributed by atoms with Crippen LogP contribution in [0.3, 0.4) is 0 Å². The summed E-state index contributed by atoms with van der Waals surface area (Å²) in [6.07, 6.45) is 0. The summed E-state index contributed by atoms with van der Waals surface area (Å²) in [5.74, 6) is -1.80. The lowest BCUT2D eigenvalue weighted by Crippen LogP contribution is -2.21. The Labute approximate surface area is 120 Å². The Balaban J connectivity index is 2.16. The quantitative estimate of drug-likeness (QED) is 0.741. The molecule has 7 heteroatoms. The number of carboxylic acid groups (broad SMARTS) is 1. The van der Waals surface area contributed by atoms with Gasteiger partial charge in [-0.05, 0) is 38.1 Å². The van der Waals surface area contributed by atoms with E-state index in [0.717, 1.165) is 17.5 Å². The molecule has 0 bridgehead atoms. The van der Waals surface area contributed by atoms with Crippen molar-refractivity contribution in [2.45, 2.75) is 20.4 Å². The molecule has 0 unspecified atom stereocenters. The van der Waals surface area contributed by atoms with Gasteiger partial charge in [0.05, 0.1) is 16.9 Å². The van der Waals surface area contributed by atoms with Gasteiger partial charge in [0, 0.05) is 5.69 Å².